The molecule has 7 aromatic carbocycles. The molecule has 0 aliphatic rings. The number of rotatable bonds is 7. The van der Waals surface area contributed by atoms with Crippen LogP contribution in [0.3, 0.4) is 0 Å². The molecule has 0 amide bonds. The number of aromatic hydroxyl groups is 1. The number of imidazole rings is 1. The molecular formula is C51H37N3O2. The maximum atomic E-state index is 11.0. The van der Waals surface area contributed by atoms with Crippen LogP contribution in [0.15, 0.2) is 187 Å². The zero-order valence-electron chi connectivity index (χ0n) is 31.0. The molecule has 0 aliphatic carbocycles. The molecule has 1 N–H and O–H groups in total. The van der Waals surface area contributed by atoms with Gasteiger partial charge in [-0.25, -0.2) is 4.98 Å². The number of furan rings is 1. The van der Waals surface area contributed by atoms with Crippen LogP contribution in [-0.2, 0) is 5.41 Å². The number of phenols is 1. The number of phenolic OH excluding ortho intramolecular Hbond substituents is 1. The summed E-state index contributed by atoms with van der Waals surface area (Å²) in [6, 6.07) is 60.1. The molecule has 0 unspecified atom stereocenters. The van der Waals surface area contributed by atoms with Crippen molar-refractivity contribution < 1.29 is 9.52 Å². The summed E-state index contributed by atoms with van der Waals surface area (Å²) >= 11 is 0. The highest BCUT2D eigenvalue weighted by molar-refractivity contribution is 6.12. The Bertz CT molecular complexity index is 3050. The first-order valence-corrected chi connectivity index (χ1v) is 18.9. The fraction of sp³-hybridized carbons (Fsp3) is 0.0588. The van der Waals surface area contributed by atoms with Crippen LogP contribution < -0.4 is 0 Å². The van der Waals surface area contributed by atoms with Gasteiger partial charge in [0.25, 0.3) is 0 Å². The van der Waals surface area contributed by atoms with Crippen LogP contribution in [0.25, 0.3) is 83.6 Å². The fourth-order valence-corrected chi connectivity index (χ4v) is 8.05. The third-order valence-corrected chi connectivity index (χ3v) is 11.1. The van der Waals surface area contributed by atoms with Crippen molar-refractivity contribution in [2.24, 2.45) is 0 Å². The van der Waals surface area contributed by atoms with Gasteiger partial charge in [0.2, 0.25) is 0 Å². The zero-order chi connectivity index (χ0) is 37.8. The number of hydrogen-bond acceptors (Lipinski definition) is 4. The summed E-state index contributed by atoms with van der Waals surface area (Å²) in [5.41, 5.74) is 13.3. The summed E-state index contributed by atoms with van der Waals surface area (Å²) in [6.45, 7) is 4.54. The van der Waals surface area contributed by atoms with E-state index in [1.165, 1.54) is 11.1 Å². The molecule has 0 saturated heterocycles. The van der Waals surface area contributed by atoms with Crippen LogP contribution in [0.1, 0.15) is 25.0 Å². The van der Waals surface area contributed by atoms with E-state index in [-0.39, 0.29) is 11.2 Å². The molecular weight excluding hydrogens is 687 g/mol. The van der Waals surface area contributed by atoms with E-state index in [0.717, 1.165) is 72.2 Å². The Hall–Kier alpha value is -7.24. The van der Waals surface area contributed by atoms with E-state index in [0.29, 0.717) is 11.4 Å². The highest BCUT2D eigenvalue weighted by Gasteiger charge is 2.24. The Labute approximate surface area is 324 Å². The Morgan fingerprint density at radius 2 is 1.25 bits per heavy atom. The zero-order valence-corrected chi connectivity index (χ0v) is 31.0. The first kappa shape index (κ1) is 33.3. The van der Waals surface area contributed by atoms with E-state index in [1.54, 1.807) is 6.07 Å². The van der Waals surface area contributed by atoms with Crippen molar-refractivity contribution in [1.82, 2.24) is 14.5 Å². The molecule has 0 aliphatic heterocycles. The molecule has 0 fully saturated rings. The summed E-state index contributed by atoms with van der Waals surface area (Å²) in [6.07, 6.45) is 1.88. The van der Waals surface area contributed by atoms with Gasteiger partial charge in [-0.2, -0.15) is 0 Å². The normalized spacial score (nSPS) is 11.8. The van der Waals surface area contributed by atoms with Crippen LogP contribution in [0, 0.1) is 0 Å². The predicted molar refractivity (Wildman–Crippen MR) is 228 cm³/mol. The van der Waals surface area contributed by atoms with Crippen LogP contribution in [0.2, 0.25) is 0 Å². The minimum absolute atomic E-state index is 0.126. The number of hydrogen-bond donors (Lipinski definition) is 1. The molecule has 0 radical (unpaired) electrons. The van der Waals surface area contributed by atoms with Crippen molar-refractivity contribution in [2.75, 3.05) is 0 Å². The van der Waals surface area contributed by atoms with Gasteiger partial charge in [-0.15, -0.1) is 0 Å². The smallest absolute Gasteiger partial charge is 0.149 e. The van der Waals surface area contributed by atoms with Crippen molar-refractivity contribution in [3.63, 3.8) is 0 Å². The summed E-state index contributed by atoms with van der Waals surface area (Å²) in [4.78, 5) is 10.2. The quantitative estimate of drug-likeness (QED) is 0.178. The minimum Gasteiger partial charge on any atom is -0.507 e. The van der Waals surface area contributed by atoms with Crippen LogP contribution in [-0.4, -0.2) is 19.6 Å². The average Bonchev–Trinajstić information content (AvgIpc) is 3.83. The number of benzene rings is 7. The maximum absolute atomic E-state index is 11.0. The highest BCUT2D eigenvalue weighted by atomic mass is 16.3. The van der Waals surface area contributed by atoms with Crippen molar-refractivity contribution >= 4 is 33.0 Å². The highest BCUT2D eigenvalue weighted by Crippen LogP contribution is 2.43. The average molecular weight is 724 g/mol. The third-order valence-electron chi connectivity index (χ3n) is 11.1. The van der Waals surface area contributed by atoms with E-state index in [9.17, 15) is 5.11 Å². The Morgan fingerprint density at radius 3 is 2.05 bits per heavy atom. The summed E-state index contributed by atoms with van der Waals surface area (Å²) < 4.78 is 8.74. The molecule has 10 aromatic rings. The van der Waals surface area contributed by atoms with E-state index in [1.807, 2.05) is 60.8 Å². The van der Waals surface area contributed by atoms with E-state index < -0.39 is 0 Å². The van der Waals surface area contributed by atoms with Gasteiger partial charge in [0.15, 0.2) is 0 Å². The molecule has 5 heteroatoms. The molecule has 56 heavy (non-hydrogen) atoms. The lowest BCUT2D eigenvalue weighted by Gasteiger charge is -2.26. The summed E-state index contributed by atoms with van der Waals surface area (Å²) in [7, 11) is 0. The van der Waals surface area contributed by atoms with E-state index in [2.05, 4.69) is 134 Å². The van der Waals surface area contributed by atoms with Crippen LogP contribution in [0.4, 0.5) is 0 Å². The maximum Gasteiger partial charge on any atom is 0.149 e. The predicted octanol–water partition coefficient (Wildman–Crippen LogP) is 13.0. The van der Waals surface area contributed by atoms with Gasteiger partial charge in [0.1, 0.15) is 22.7 Å². The van der Waals surface area contributed by atoms with Gasteiger partial charge < -0.3 is 9.52 Å². The van der Waals surface area contributed by atoms with Gasteiger partial charge in [-0.3, -0.25) is 9.55 Å². The van der Waals surface area contributed by atoms with Gasteiger partial charge in [0, 0.05) is 39.2 Å². The second kappa shape index (κ2) is 13.3. The van der Waals surface area contributed by atoms with E-state index >= 15 is 0 Å². The molecule has 0 bridgehead atoms. The lowest BCUT2D eigenvalue weighted by atomic mass is 9.78. The van der Waals surface area contributed by atoms with Crippen molar-refractivity contribution in [3.05, 3.63) is 193 Å². The second-order valence-corrected chi connectivity index (χ2v) is 14.8. The molecule has 0 spiro atoms. The molecule has 3 heterocycles. The number of fused-ring (bicyclic) bond motifs is 4. The monoisotopic (exact) mass is 723 g/mol. The molecule has 5 nitrogen and oxygen atoms in total. The van der Waals surface area contributed by atoms with Crippen molar-refractivity contribution in [1.29, 1.82) is 0 Å². The topological polar surface area (TPSA) is 64.1 Å². The molecule has 268 valence electrons. The number of aromatic nitrogens is 3. The van der Waals surface area contributed by atoms with Gasteiger partial charge in [-0.1, -0.05) is 129 Å². The van der Waals surface area contributed by atoms with Gasteiger partial charge >= 0.3 is 0 Å². The van der Waals surface area contributed by atoms with E-state index in [4.69, 9.17) is 14.4 Å². The summed E-state index contributed by atoms with van der Waals surface area (Å²) in [5.74, 6) is 0.843. The Morgan fingerprint density at radius 1 is 0.554 bits per heavy atom. The lowest BCUT2D eigenvalue weighted by molar-refractivity contribution is 0.477. The Kier molecular flexibility index (Phi) is 7.89. The van der Waals surface area contributed by atoms with Crippen molar-refractivity contribution in [2.45, 2.75) is 19.3 Å². The first-order chi connectivity index (χ1) is 27.4. The SMILES string of the molecule is CC(C)(c1ccccc1)c1ccc(-c2ccnc(-c3cc(-c4cccc5c4nc(-c4ccccc4O)n5-c4ccccc4)cc4c3oc3ccccc34)c2)cc1. The Balaban J connectivity index is 1.15. The molecule has 0 saturated carbocycles. The van der Waals surface area contributed by atoms with Crippen LogP contribution >= 0.6 is 0 Å². The first-order valence-electron chi connectivity index (χ1n) is 18.9. The molecule has 10 rings (SSSR count). The van der Waals surface area contributed by atoms with Crippen molar-refractivity contribution in [3.8, 4) is 56.3 Å². The minimum atomic E-state index is -0.126. The third kappa shape index (κ3) is 5.56. The van der Waals surface area contributed by atoms with Gasteiger partial charge in [-0.05, 0) is 88.5 Å². The molecule has 0 atom stereocenters. The number of nitrogens with zero attached hydrogens (tertiary/aromatic N) is 3. The van der Waals surface area contributed by atoms with Crippen LogP contribution in [0.5, 0.6) is 5.75 Å². The molecule has 3 aromatic heterocycles. The fourth-order valence-electron chi connectivity index (χ4n) is 8.05. The number of para-hydroxylation sites is 4. The largest absolute Gasteiger partial charge is 0.507 e. The standard InChI is InChI=1S/C51H37N3O2/c1-51(2,36-14-5-3-6-15-36)37-26-24-33(25-27-37)34-28-29-52-44(32-34)43-31-35(30-42-40-18-10-12-23-47(40)56-49(42)43)39-20-13-21-45-48(39)53-50(41-19-9-11-22-46(41)55)54(45)38-16-7-4-8-17-38/h3-32,55H,1-2H3. The number of pyridine rings is 1. The summed E-state index contributed by atoms with van der Waals surface area (Å²) in [5, 5.41) is 13.1. The van der Waals surface area contributed by atoms with Gasteiger partial charge in [0.05, 0.1) is 22.3 Å². The lowest BCUT2D eigenvalue weighted by Crippen LogP contribution is -2.18. The second-order valence-electron chi connectivity index (χ2n) is 14.8.